The molecule has 4 heterocycles. The molecule has 2 saturated heterocycles. The lowest BCUT2D eigenvalue weighted by molar-refractivity contribution is -0.130. The lowest BCUT2D eigenvalue weighted by atomic mass is 10.0. The summed E-state index contributed by atoms with van der Waals surface area (Å²) in [5.41, 5.74) is 2.18. The lowest BCUT2D eigenvalue weighted by Crippen LogP contribution is -2.46. The Labute approximate surface area is 205 Å². The van der Waals surface area contributed by atoms with Gasteiger partial charge in [-0.05, 0) is 48.7 Å². The number of likely N-dealkylation sites (tertiary alicyclic amines) is 1. The molecule has 8 nitrogen and oxygen atoms in total. The number of hydrogen-bond donors (Lipinski definition) is 1. The molecule has 1 aromatic heterocycles. The first-order valence-corrected chi connectivity index (χ1v) is 12.4. The predicted molar refractivity (Wildman–Crippen MR) is 128 cm³/mol. The largest absolute Gasteiger partial charge is 0.454 e. The van der Waals surface area contributed by atoms with Crippen molar-refractivity contribution in [3.63, 3.8) is 0 Å². The van der Waals surface area contributed by atoms with Crippen LogP contribution in [0.4, 0.5) is 0 Å². The first-order chi connectivity index (χ1) is 16.7. The summed E-state index contributed by atoms with van der Waals surface area (Å²) in [5, 5.41) is 4.16. The quantitative estimate of drug-likeness (QED) is 0.546. The molecule has 3 aliphatic rings. The summed E-state index contributed by atoms with van der Waals surface area (Å²) in [6, 6.07) is 8.25. The zero-order valence-corrected chi connectivity index (χ0v) is 20.0. The van der Waals surface area contributed by atoms with Gasteiger partial charge in [-0.2, -0.15) is 0 Å². The van der Waals surface area contributed by atoms with Crippen LogP contribution in [0.25, 0.3) is 0 Å². The molecule has 0 radical (unpaired) electrons. The molecular weight excluding hydrogens is 456 g/mol. The van der Waals surface area contributed by atoms with E-state index in [9.17, 15) is 4.79 Å². The highest BCUT2D eigenvalue weighted by atomic mass is 35.5. The number of nitrogens with zero attached hydrogens (tertiary/aromatic N) is 3. The summed E-state index contributed by atoms with van der Waals surface area (Å²) >= 11 is 6.40. The number of halogens is 1. The number of ether oxygens (including phenoxy) is 3. The summed E-state index contributed by atoms with van der Waals surface area (Å²) < 4.78 is 16.4. The summed E-state index contributed by atoms with van der Waals surface area (Å²) in [5.74, 6) is 1.67. The van der Waals surface area contributed by atoms with Gasteiger partial charge >= 0.3 is 0 Å². The van der Waals surface area contributed by atoms with E-state index in [0.717, 1.165) is 57.0 Å². The first-order valence-electron chi connectivity index (χ1n) is 12.0. The Hall–Kier alpha value is -2.39. The first kappa shape index (κ1) is 23.4. The van der Waals surface area contributed by atoms with Crippen molar-refractivity contribution in [2.24, 2.45) is 0 Å². The second kappa shape index (κ2) is 10.9. The van der Waals surface area contributed by atoms with Crippen molar-refractivity contribution < 1.29 is 19.0 Å². The summed E-state index contributed by atoms with van der Waals surface area (Å²) in [6.07, 6.45) is 6.08. The number of carbonyl (C=O) groups excluding carboxylic acids is 1. The van der Waals surface area contributed by atoms with Gasteiger partial charge in [-0.25, -0.2) is 0 Å². The van der Waals surface area contributed by atoms with E-state index in [4.69, 9.17) is 25.8 Å². The smallest absolute Gasteiger partial charge is 0.231 e. The molecular formula is C25H31ClN4O4. The maximum atomic E-state index is 12.8. The molecule has 0 spiro atoms. The fraction of sp³-hybridized carbons (Fsp3) is 0.520. The Morgan fingerprint density at radius 3 is 2.71 bits per heavy atom. The molecule has 34 heavy (non-hydrogen) atoms. The van der Waals surface area contributed by atoms with Gasteiger partial charge < -0.3 is 24.4 Å². The molecule has 2 fully saturated rings. The Morgan fingerprint density at radius 2 is 1.91 bits per heavy atom. The summed E-state index contributed by atoms with van der Waals surface area (Å²) in [4.78, 5) is 21.6. The molecule has 5 rings (SSSR count). The normalized spacial score (nSPS) is 21.3. The lowest BCUT2D eigenvalue weighted by Gasteiger charge is -2.38. The maximum Gasteiger partial charge on any atom is 0.231 e. The third-order valence-corrected chi connectivity index (χ3v) is 7.26. The van der Waals surface area contributed by atoms with Crippen LogP contribution in [0.3, 0.4) is 0 Å². The number of carbonyl (C=O) groups is 1. The number of aromatic nitrogens is 1. The van der Waals surface area contributed by atoms with Crippen molar-refractivity contribution in [1.29, 1.82) is 0 Å². The Kier molecular flexibility index (Phi) is 7.49. The molecule has 0 bridgehead atoms. The average Bonchev–Trinajstić information content (AvgIpc) is 3.47. The number of hydrogen-bond acceptors (Lipinski definition) is 7. The number of fused-ring (bicyclic) bond motifs is 1. The number of nitrogens with one attached hydrogen (secondary N) is 1. The van der Waals surface area contributed by atoms with E-state index in [0.29, 0.717) is 30.3 Å². The van der Waals surface area contributed by atoms with Gasteiger partial charge in [-0.15, -0.1) is 0 Å². The molecule has 0 aliphatic carbocycles. The van der Waals surface area contributed by atoms with Crippen molar-refractivity contribution in [3.05, 3.63) is 52.8 Å². The van der Waals surface area contributed by atoms with E-state index in [1.54, 1.807) is 0 Å². The number of morpholine rings is 1. The molecule has 0 saturated carbocycles. The van der Waals surface area contributed by atoms with Crippen molar-refractivity contribution in [2.45, 2.75) is 37.9 Å². The zero-order chi connectivity index (χ0) is 23.3. The van der Waals surface area contributed by atoms with E-state index in [2.05, 4.69) is 32.2 Å². The Balaban J connectivity index is 1.19. The number of pyridine rings is 1. The third kappa shape index (κ3) is 5.30. The van der Waals surface area contributed by atoms with Gasteiger partial charge in [-0.3, -0.25) is 14.7 Å². The molecule has 182 valence electrons. The summed E-state index contributed by atoms with van der Waals surface area (Å²) in [6.45, 7) is 5.58. The number of rotatable bonds is 9. The molecule has 2 aromatic rings. The Morgan fingerprint density at radius 1 is 1.15 bits per heavy atom. The van der Waals surface area contributed by atoms with Gasteiger partial charge in [0.15, 0.2) is 11.5 Å². The van der Waals surface area contributed by atoms with Crippen molar-refractivity contribution in [3.8, 4) is 11.5 Å². The standard InChI is InChI=1S/C25H31ClN4O4/c26-21-14-24-23(33-17-34-24)13-19(21)15-28-8-5-20-1-2-25(31)30(20)16-22(18-3-6-27-7-4-18)29-9-11-32-12-10-29/h3-4,6-7,13-14,20,22,28H,1-2,5,8-12,15-17H2/t20-,22+/m1/s1. The van der Waals surface area contributed by atoms with Crippen LogP contribution >= 0.6 is 11.6 Å². The van der Waals surface area contributed by atoms with Crippen molar-refractivity contribution in [1.82, 2.24) is 20.1 Å². The van der Waals surface area contributed by atoms with Crippen LogP contribution in [0, 0.1) is 0 Å². The fourth-order valence-corrected chi connectivity index (χ4v) is 5.24. The van der Waals surface area contributed by atoms with E-state index < -0.39 is 0 Å². The minimum absolute atomic E-state index is 0.150. The van der Waals surface area contributed by atoms with E-state index >= 15 is 0 Å². The molecule has 1 N–H and O–H groups in total. The van der Waals surface area contributed by atoms with Crippen LogP contribution in [0.5, 0.6) is 11.5 Å². The van der Waals surface area contributed by atoms with E-state index in [-0.39, 0.29) is 24.8 Å². The van der Waals surface area contributed by atoms with Crippen LogP contribution < -0.4 is 14.8 Å². The number of amides is 1. The van der Waals surface area contributed by atoms with Gasteiger partial charge in [0.05, 0.1) is 19.3 Å². The van der Waals surface area contributed by atoms with Gasteiger partial charge in [0.25, 0.3) is 0 Å². The van der Waals surface area contributed by atoms with Gasteiger partial charge in [-0.1, -0.05) is 11.6 Å². The average molecular weight is 487 g/mol. The van der Waals surface area contributed by atoms with E-state index in [1.165, 1.54) is 5.56 Å². The monoisotopic (exact) mass is 486 g/mol. The molecule has 9 heteroatoms. The minimum atomic E-state index is 0.150. The highest BCUT2D eigenvalue weighted by molar-refractivity contribution is 6.31. The van der Waals surface area contributed by atoms with Crippen molar-refractivity contribution >= 4 is 17.5 Å². The van der Waals surface area contributed by atoms with Gasteiger partial charge in [0.1, 0.15) is 0 Å². The maximum absolute atomic E-state index is 12.8. The van der Waals surface area contributed by atoms with Crippen molar-refractivity contribution in [2.75, 3.05) is 46.2 Å². The molecule has 1 amide bonds. The zero-order valence-electron chi connectivity index (χ0n) is 19.2. The minimum Gasteiger partial charge on any atom is -0.454 e. The summed E-state index contributed by atoms with van der Waals surface area (Å²) in [7, 11) is 0. The van der Waals surface area contributed by atoms with E-state index in [1.807, 2.05) is 24.5 Å². The predicted octanol–water partition coefficient (Wildman–Crippen LogP) is 3.01. The highest BCUT2D eigenvalue weighted by Crippen LogP contribution is 2.36. The van der Waals surface area contributed by atoms with Crippen LogP contribution in [0.1, 0.15) is 36.4 Å². The SMILES string of the molecule is O=C1CC[C@H](CCNCc2cc3c(cc2Cl)OCO3)N1C[C@@H](c1ccncc1)N1CCOCC1. The van der Waals surface area contributed by atoms with Crippen LogP contribution in [0.15, 0.2) is 36.7 Å². The second-order valence-electron chi connectivity index (χ2n) is 8.95. The Bertz CT molecular complexity index is 986. The van der Waals surface area contributed by atoms with Crippen LogP contribution in [-0.4, -0.2) is 72.9 Å². The van der Waals surface area contributed by atoms with Gasteiger partial charge in [0, 0.05) is 62.1 Å². The topological polar surface area (TPSA) is 76.2 Å². The molecule has 2 atom stereocenters. The van der Waals surface area contributed by atoms with Crippen LogP contribution in [0.2, 0.25) is 5.02 Å². The molecule has 1 aromatic carbocycles. The molecule has 3 aliphatic heterocycles. The van der Waals surface area contributed by atoms with Crippen LogP contribution in [-0.2, 0) is 16.1 Å². The fourth-order valence-electron chi connectivity index (χ4n) is 5.02. The molecule has 0 unspecified atom stereocenters. The van der Waals surface area contributed by atoms with Gasteiger partial charge in [0.2, 0.25) is 12.7 Å². The number of benzene rings is 1. The third-order valence-electron chi connectivity index (χ3n) is 6.91. The highest BCUT2D eigenvalue weighted by Gasteiger charge is 2.34. The second-order valence-corrected chi connectivity index (χ2v) is 9.35.